The Labute approximate surface area is 213 Å². The first-order valence-electron chi connectivity index (χ1n) is 12.0. The number of benzene rings is 2. The van der Waals surface area contributed by atoms with Gasteiger partial charge < -0.3 is 21.0 Å². The summed E-state index contributed by atoms with van der Waals surface area (Å²) < 4.78 is 0. The van der Waals surface area contributed by atoms with Gasteiger partial charge in [-0.25, -0.2) is 0 Å². The van der Waals surface area contributed by atoms with Crippen LogP contribution in [0.2, 0.25) is 0 Å². The summed E-state index contributed by atoms with van der Waals surface area (Å²) in [6.45, 7) is 0. The molecule has 1 aliphatic carbocycles. The number of rotatable bonds is 3. The highest BCUT2D eigenvalue weighted by atomic mass is 32.2. The second-order valence-electron chi connectivity index (χ2n) is 8.66. The molecule has 3 heterocycles. The lowest BCUT2D eigenvalue weighted by Crippen LogP contribution is -2.26. The van der Waals surface area contributed by atoms with Crippen LogP contribution in [-0.2, 0) is 4.79 Å². The predicted octanol–water partition coefficient (Wildman–Crippen LogP) is 5.04. The van der Waals surface area contributed by atoms with Crippen LogP contribution in [0.1, 0.15) is 47.5 Å². The Bertz CT molecular complexity index is 1460. The number of H-pyrrole nitrogens is 2. The van der Waals surface area contributed by atoms with E-state index in [1.807, 2.05) is 24.0 Å². The van der Waals surface area contributed by atoms with Gasteiger partial charge in [0, 0.05) is 30.1 Å². The third-order valence-corrected chi connectivity index (χ3v) is 7.36. The van der Waals surface area contributed by atoms with E-state index in [0.717, 1.165) is 32.9 Å². The minimum absolute atomic E-state index is 0.137. The molecule has 4 aromatic rings. The predicted molar refractivity (Wildman–Crippen MR) is 148 cm³/mol. The van der Waals surface area contributed by atoms with Gasteiger partial charge in [-0.2, -0.15) is 0 Å². The summed E-state index contributed by atoms with van der Waals surface area (Å²) in [4.78, 5) is 39.5. The van der Waals surface area contributed by atoms with Crippen molar-refractivity contribution >= 4 is 45.9 Å². The molecule has 6 rings (SSSR count). The average molecular weight is 503 g/mol. The Morgan fingerprint density at radius 2 is 1.94 bits per heavy atom. The first kappa shape index (κ1) is 25.3. The molecule has 1 aliphatic heterocycles. The molecule has 0 radical (unpaired) electrons. The van der Waals surface area contributed by atoms with Crippen LogP contribution in [0.3, 0.4) is 0 Å². The van der Waals surface area contributed by atoms with E-state index >= 15 is 0 Å². The number of amides is 2. The lowest BCUT2D eigenvalue weighted by atomic mass is 9.76. The Balaban J connectivity index is 0.000000329. The molecule has 2 aromatic carbocycles. The fraction of sp³-hybridized carbons (Fsp3) is 0.250. The molecule has 2 amide bonds. The van der Waals surface area contributed by atoms with Crippen LogP contribution in [0.5, 0.6) is 0 Å². The molecule has 0 unspecified atom stereocenters. The minimum atomic E-state index is -0.374. The van der Waals surface area contributed by atoms with E-state index < -0.39 is 0 Å². The maximum atomic E-state index is 12.6. The standard InChI is InChI=1S/C23H21N3O2.C4H6S.CH3NO/c1-24-22(27)18-12-16-5-7-17(13-3-2-4-13)20(21(16)26-23(18)28)15-6-8-19-14(11-15)9-10-25-19;1-2-4-5-3-1;2-1-3/h5-13,25H,2-4H2,1H3,(H,24,27)(H,26,28);1,3H,2,4H2;1H,(H2,2,3). The van der Waals surface area contributed by atoms with Crippen molar-refractivity contribution in [3.8, 4) is 11.1 Å². The summed E-state index contributed by atoms with van der Waals surface area (Å²) in [5.41, 5.74) is 9.27. The van der Waals surface area contributed by atoms with Gasteiger partial charge in [-0.1, -0.05) is 30.7 Å². The van der Waals surface area contributed by atoms with E-state index in [-0.39, 0.29) is 23.4 Å². The van der Waals surface area contributed by atoms with Crippen LogP contribution >= 0.6 is 11.8 Å². The van der Waals surface area contributed by atoms with Crippen LogP contribution in [0.4, 0.5) is 0 Å². The third-order valence-electron chi connectivity index (χ3n) is 6.51. The van der Waals surface area contributed by atoms with Crippen molar-refractivity contribution in [3.63, 3.8) is 0 Å². The normalized spacial score (nSPS) is 14.4. The number of carbonyl (C=O) groups excluding carboxylic acids is 2. The first-order chi connectivity index (χ1) is 17.6. The van der Waals surface area contributed by atoms with Crippen LogP contribution in [-0.4, -0.2) is 35.1 Å². The fourth-order valence-corrected chi connectivity index (χ4v) is 5.19. The quantitative estimate of drug-likeness (QED) is 0.293. The van der Waals surface area contributed by atoms with E-state index in [1.165, 1.54) is 44.0 Å². The lowest BCUT2D eigenvalue weighted by Gasteiger charge is -2.29. The molecule has 186 valence electrons. The smallest absolute Gasteiger partial charge is 0.261 e. The molecule has 2 aliphatic rings. The van der Waals surface area contributed by atoms with Crippen LogP contribution in [0.25, 0.3) is 32.9 Å². The van der Waals surface area contributed by atoms with Crippen LogP contribution in [0.15, 0.2) is 64.9 Å². The van der Waals surface area contributed by atoms with E-state index in [1.54, 1.807) is 6.07 Å². The summed E-state index contributed by atoms with van der Waals surface area (Å²) in [5.74, 6) is 1.45. The lowest BCUT2D eigenvalue weighted by molar-refractivity contribution is -0.106. The van der Waals surface area contributed by atoms with Gasteiger partial charge in [-0.15, -0.1) is 11.8 Å². The number of carbonyl (C=O) groups is 2. The number of allylic oxidation sites excluding steroid dienone is 1. The van der Waals surface area contributed by atoms with Gasteiger partial charge in [0.1, 0.15) is 5.56 Å². The van der Waals surface area contributed by atoms with E-state index in [2.05, 4.69) is 62.8 Å². The van der Waals surface area contributed by atoms with Crippen molar-refractivity contribution < 1.29 is 9.59 Å². The first-order valence-corrected chi connectivity index (χ1v) is 13.0. The Hall–Kier alpha value is -3.78. The van der Waals surface area contributed by atoms with Gasteiger partial charge in [-0.3, -0.25) is 14.4 Å². The summed E-state index contributed by atoms with van der Waals surface area (Å²) >= 11 is 1.89. The number of primary amides is 1. The molecule has 7 nitrogen and oxygen atoms in total. The number of pyridine rings is 1. The van der Waals surface area contributed by atoms with Gasteiger partial charge >= 0.3 is 0 Å². The van der Waals surface area contributed by atoms with Gasteiger partial charge in [0.2, 0.25) is 6.41 Å². The molecule has 1 saturated carbocycles. The molecule has 0 atom stereocenters. The Morgan fingerprint density at radius 3 is 2.56 bits per heavy atom. The molecule has 2 aromatic heterocycles. The zero-order valence-electron chi connectivity index (χ0n) is 20.2. The highest BCUT2D eigenvalue weighted by molar-refractivity contribution is 8.02. The molecule has 0 bridgehead atoms. The second-order valence-corrected chi connectivity index (χ2v) is 9.67. The van der Waals surface area contributed by atoms with Crippen molar-refractivity contribution in [2.45, 2.75) is 31.6 Å². The summed E-state index contributed by atoms with van der Waals surface area (Å²) in [7, 11) is 1.53. The number of aromatic amines is 2. The number of hydrogen-bond acceptors (Lipinski definition) is 4. The zero-order valence-corrected chi connectivity index (χ0v) is 21.0. The maximum Gasteiger partial charge on any atom is 0.261 e. The molecule has 0 spiro atoms. The largest absolute Gasteiger partial charge is 0.372 e. The van der Waals surface area contributed by atoms with Crippen molar-refractivity contribution in [3.05, 3.63) is 81.6 Å². The van der Waals surface area contributed by atoms with Crippen molar-refractivity contribution in [1.82, 2.24) is 15.3 Å². The summed E-state index contributed by atoms with van der Waals surface area (Å²) in [6, 6.07) is 14.3. The van der Waals surface area contributed by atoms with E-state index in [9.17, 15) is 9.59 Å². The van der Waals surface area contributed by atoms with Crippen molar-refractivity contribution in [2.75, 3.05) is 12.8 Å². The third kappa shape index (κ3) is 5.39. The topological polar surface area (TPSA) is 121 Å². The molecule has 0 saturated heterocycles. The highest BCUT2D eigenvalue weighted by Crippen LogP contribution is 2.43. The molecule has 5 N–H and O–H groups in total. The Kier molecular flexibility index (Phi) is 8.28. The SMILES string of the molecule is C1=CSCC1.CNC(=O)c1cc2ccc(C3CCC3)c(-c3ccc4[nH]ccc4c3)c2[nH]c1=O.NC=O. The van der Waals surface area contributed by atoms with Crippen LogP contribution in [0, 0.1) is 0 Å². The van der Waals surface area contributed by atoms with E-state index in [4.69, 9.17) is 4.79 Å². The summed E-state index contributed by atoms with van der Waals surface area (Å²) in [5, 5.41) is 6.69. The van der Waals surface area contributed by atoms with Crippen molar-refractivity contribution in [2.24, 2.45) is 5.73 Å². The monoisotopic (exact) mass is 502 g/mol. The zero-order chi connectivity index (χ0) is 25.5. The molecule has 36 heavy (non-hydrogen) atoms. The van der Waals surface area contributed by atoms with Gasteiger partial charge in [0.05, 0.1) is 5.52 Å². The number of hydrogen-bond donors (Lipinski definition) is 4. The maximum absolute atomic E-state index is 12.6. The molecule has 1 fully saturated rings. The Morgan fingerprint density at radius 1 is 1.14 bits per heavy atom. The summed E-state index contributed by atoms with van der Waals surface area (Å²) in [6.07, 6.45) is 9.25. The highest BCUT2D eigenvalue weighted by Gasteiger charge is 2.25. The molecule has 8 heteroatoms. The number of aromatic nitrogens is 2. The second kappa shape index (κ2) is 11.8. The number of thioether (sulfide) groups is 1. The van der Waals surface area contributed by atoms with Gasteiger partial charge in [0.15, 0.2) is 0 Å². The molecular formula is C28H30N4O3S. The number of fused-ring (bicyclic) bond motifs is 2. The minimum Gasteiger partial charge on any atom is -0.372 e. The molecular weight excluding hydrogens is 472 g/mol. The number of nitrogens with two attached hydrogens (primary N) is 1. The van der Waals surface area contributed by atoms with Crippen LogP contribution < -0.4 is 16.6 Å². The van der Waals surface area contributed by atoms with Crippen molar-refractivity contribution in [1.29, 1.82) is 0 Å². The van der Waals surface area contributed by atoms with E-state index in [0.29, 0.717) is 5.92 Å². The number of nitrogens with one attached hydrogen (secondary N) is 3. The van der Waals surface area contributed by atoms with Gasteiger partial charge in [-0.05, 0) is 76.8 Å². The van der Waals surface area contributed by atoms with Gasteiger partial charge in [0.25, 0.3) is 11.5 Å². The fourth-order valence-electron chi connectivity index (χ4n) is 4.51. The average Bonchev–Trinajstić information content (AvgIpc) is 3.57.